The molecule has 1 atom stereocenters. The topological polar surface area (TPSA) is 60.0 Å². The van der Waals surface area contributed by atoms with Crippen molar-refractivity contribution in [3.63, 3.8) is 0 Å². The highest BCUT2D eigenvalue weighted by Gasteiger charge is 2.02. The zero-order valence-corrected chi connectivity index (χ0v) is 10.8. The van der Waals surface area contributed by atoms with Crippen LogP contribution in [-0.4, -0.2) is 41.9 Å². The van der Waals surface area contributed by atoms with Crippen LogP contribution >= 0.6 is 0 Å². The van der Waals surface area contributed by atoms with Crippen molar-refractivity contribution in [1.82, 2.24) is 15.0 Å². The van der Waals surface area contributed by atoms with E-state index in [1.165, 1.54) is 6.33 Å². The van der Waals surface area contributed by atoms with Gasteiger partial charge < -0.3 is 14.5 Å². The number of aromatic nitrogens is 3. The molecule has 0 bridgehead atoms. The number of hydrogen-bond acceptors (Lipinski definition) is 4. The summed E-state index contributed by atoms with van der Waals surface area (Å²) in [6.07, 6.45) is 7.39. The number of nitrogens with one attached hydrogen (secondary N) is 1. The number of methoxy groups -OCH3 is 2. The minimum Gasteiger partial charge on any atom is -0.381 e. The van der Waals surface area contributed by atoms with Crippen LogP contribution in [0.2, 0.25) is 0 Å². The van der Waals surface area contributed by atoms with Crippen LogP contribution in [0.15, 0.2) is 12.5 Å². The normalized spacial score (nSPS) is 15.5. The Morgan fingerprint density at radius 2 is 2.28 bits per heavy atom. The molecule has 0 aliphatic heterocycles. The van der Waals surface area contributed by atoms with Gasteiger partial charge in [0.05, 0.1) is 12.7 Å². The van der Waals surface area contributed by atoms with Crippen LogP contribution in [0.3, 0.4) is 0 Å². The molecule has 0 unspecified atom stereocenters. The van der Waals surface area contributed by atoms with E-state index in [1.807, 2.05) is 19.1 Å². The van der Waals surface area contributed by atoms with Crippen molar-refractivity contribution in [3.8, 4) is 0 Å². The Morgan fingerprint density at radius 1 is 1.44 bits per heavy atom. The minimum absolute atomic E-state index is 0.0284. The highest BCUT2D eigenvalue weighted by atomic mass is 16.5. The monoisotopic (exact) mass is 247 g/mol. The van der Waals surface area contributed by atoms with E-state index in [2.05, 4.69) is 15.0 Å². The van der Waals surface area contributed by atoms with Crippen molar-refractivity contribution >= 4 is 23.2 Å². The molecular formula is C13H17N3O2. The lowest BCUT2D eigenvalue weighted by molar-refractivity contribution is 0.167. The number of aromatic amines is 1. The van der Waals surface area contributed by atoms with E-state index in [0.717, 1.165) is 21.6 Å². The molecule has 0 saturated heterocycles. The number of rotatable bonds is 4. The van der Waals surface area contributed by atoms with Gasteiger partial charge in [-0.25, -0.2) is 9.97 Å². The molecule has 2 aromatic rings. The second kappa shape index (κ2) is 5.75. The van der Waals surface area contributed by atoms with Crippen LogP contribution in [0.1, 0.15) is 6.92 Å². The molecule has 0 radical (unpaired) electrons. The smallest absolute Gasteiger partial charge is 0.141 e. The maximum atomic E-state index is 5.25. The summed E-state index contributed by atoms with van der Waals surface area (Å²) in [7, 11) is 3.35. The summed E-state index contributed by atoms with van der Waals surface area (Å²) in [6.45, 7) is 2.53. The van der Waals surface area contributed by atoms with Gasteiger partial charge in [0.15, 0.2) is 0 Å². The third-order valence-electron chi connectivity index (χ3n) is 2.77. The third kappa shape index (κ3) is 2.57. The van der Waals surface area contributed by atoms with Crippen LogP contribution in [0.4, 0.5) is 0 Å². The Labute approximate surface area is 105 Å². The molecule has 0 aliphatic carbocycles. The first-order chi connectivity index (χ1) is 8.76. The van der Waals surface area contributed by atoms with Crippen molar-refractivity contribution in [3.05, 3.63) is 23.1 Å². The van der Waals surface area contributed by atoms with Gasteiger partial charge in [0, 0.05) is 36.4 Å². The maximum absolute atomic E-state index is 5.25. The molecule has 0 amide bonds. The summed E-state index contributed by atoms with van der Waals surface area (Å²) in [5, 5.41) is 3.03. The summed E-state index contributed by atoms with van der Waals surface area (Å²) in [5.74, 6) is 0. The zero-order chi connectivity index (χ0) is 13.0. The molecule has 0 fully saturated rings. The van der Waals surface area contributed by atoms with E-state index in [4.69, 9.17) is 9.47 Å². The predicted molar refractivity (Wildman–Crippen MR) is 70.4 cm³/mol. The largest absolute Gasteiger partial charge is 0.381 e. The van der Waals surface area contributed by atoms with Gasteiger partial charge in [-0.05, 0) is 19.1 Å². The van der Waals surface area contributed by atoms with Crippen LogP contribution in [0.25, 0.3) is 23.2 Å². The van der Waals surface area contributed by atoms with Crippen molar-refractivity contribution < 1.29 is 9.47 Å². The predicted octanol–water partition coefficient (Wildman–Crippen LogP) is 0.200. The van der Waals surface area contributed by atoms with Crippen LogP contribution in [0, 0.1) is 0 Å². The second-order valence-electron chi connectivity index (χ2n) is 4.00. The summed E-state index contributed by atoms with van der Waals surface area (Å²) >= 11 is 0. The first-order valence-electron chi connectivity index (χ1n) is 5.77. The van der Waals surface area contributed by atoms with Crippen molar-refractivity contribution in [2.24, 2.45) is 0 Å². The van der Waals surface area contributed by atoms with Gasteiger partial charge in [0.25, 0.3) is 0 Å². The van der Waals surface area contributed by atoms with Crippen LogP contribution in [0.5, 0.6) is 0 Å². The molecule has 0 aliphatic rings. The lowest BCUT2D eigenvalue weighted by atomic mass is 10.2. The highest BCUT2D eigenvalue weighted by molar-refractivity contribution is 5.76. The molecule has 0 saturated carbocycles. The Kier molecular flexibility index (Phi) is 4.07. The molecule has 2 heterocycles. The molecule has 1 N–H and O–H groups in total. The Hall–Kier alpha value is -1.72. The Bertz CT molecular complexity index is 633. The van der Waals surface area contributed by atoms with Gasteiger partial charge >= 0.3 is 0 Å². The molecule has 0 spiro atoms. The van der Waals surface area contributed by atoms with E-state index in [9.17, 15) is 0 Å². The molecule has 2 rings (SSSR count). The van der Waals surface area contributed by atoms with Gasteiger partial charge in [-0.2, -0.15) is 0 Å². The molecule has 5 heteroatoms. The van der Waals surface area contributed by atoms with E-state index in [1.54, 1.807) is 20.4 Å². The fourth-order valence-electron chi connectivity index (χ4n) is 1.79. The Morgan fingerprint density at radius 3 is 3.00 bits per heavy atom. The van der Waals surface area contributed by atoms with Crippen molar-refractivity contribution in [2.45, 2.75) is 13.0 Å². The first kappa shape index (κ1) is 12.7. The molecule has 96 valence electrons. The van der Waals surface area contributed by atoms with Crippen molar-refractivity contribution in [2.75, 3.05) is 20.8 Å². The summed E-state index contributed by atoms with van der Waals surface area (Å²) in [5.41, 5.74) is 0.821. The van der Waals surface area contributed by atoms with Gasteiger partial charge in [-0.3, -0.25) is 0 Å². The minimum atomic E-state index is 0.0284. The molecular weight excluding hydrogens is 230 g/mol. The lowest BCUT2D eigenvalue weighted by Crippen LogP contribution is -2.25. The van der Waals surface area contributed by atoms with Crippen LogP contribution in [-0.2, 0) is 9.47 Å². The van der Waals surface area contributed by atoms with E-state index in [-0.39, 0.29) is 6.10 Å². The maximum Gasteiger partial charge on any atom is 0.141 e. The summed E-state index contributed by atoms with van der Waals surface area (Å²) < 4.78 is 10.3. The molecule has 0 aromatic carbocycles. The number of nitrogens with zero attached hydrogens (tertiary/aromatic N) is 2. The van der Waals surface area contributed by atoms with Crippen LogP contribution < -0.4 is 10.6 Å². The number of fused-ring (bicyclic) bond motifs is 1. The molecule has 18 heavy (non-hydrogen) atoms. The van der Waals surface area contributed by atoms with Gasteiger partial charge in [-0.1, -0.05) is 0 Å². The second-order valence-corrected chi connectivity index (χ2v) is 4.00. The summed E-state index contributed by atoms with van der Waals surface area (Å²) in [6, 6.07) is 0. The SMILES string of the molecule is COC/C=c1\c(=C/[C@H](C)OC)[nH]c2ncncc12. The van der Waals surface area contributed by atoms with Gasteiger partial charge in [-0.15, -0.1) is 0 Å². The lowest BCUT2D eigenvalue weighted by Gasteiger charge is -2.00. The zero-order valence-electron chi connectivity index (χ0n) is 10.8. The summed E-state index contributed by atoms with van der Waals surface area (Å²) in [4.78, 5) is 11.5. The third-order valence-corrected chi connectivity index (χ3v) is 2.77. The van der Waals surface area contributed by atoms with E-state index < -0.39 is 0 Å². The number of ether oxygens (including phenoxy) is 2. The quantitative estimate of drug-likeness (QED) is 0.838. The number of H-pyrrole nitrogens is 1. The average Bonchev–Trinajstić information content (AvgIpc) is 2.73. The van der Waals surface area contributed by atoms with E-state index in [0.29, 0.717) is 6.61 Å². The van der Waals surface area contributed by atoms with E-state index >= 15 is 0 Å². The average molecular weight is 247 g/mol. The first-order valence-corrected chi connectivity index (χ1v) is 5.77. The highest BCUT2D eigenvalue weighted by Crippen LogP contribution is 1.98. The fraction of sp³-hybridized carbons (Fsp3) is 0.385. The van der Waals surface area contributed by atoms with Gasteiger partial charge in [0.1, 0.15) is 12.0 Å². The molecule has 2 aromatic heterocycles. The van der Waals surface area contributed by atoms with Gasteiger partial charge in [0.2, 0.25) is 0 Å². The Balaban J connectivity index is 2.68. The number of hydrogen-bond donors (Lipinski definition) is 1. The standard InChI is InChI=1S/C13H17N3O2/c1-9(18-3)6-12-10(4-5-17-2)11-7-14-8-15-13(11)16-12/h4,6-9H,5H2,1-3H3,(H,14,15,16)/b10-4-,12-6+/t9-/m0/s1. The fourth-order valence-corrected chi connectivity index (χ4v) is 1.79. The molecule has 5 nitrogen and oxygen atoms in total. The van der Waals surface area contributed by atoms with Crippen molar-refractivity contribution in [1.29, 1.82) is 0 Å².